The van der Waals surface area contributed by atoms with Crippen LogP contribution in [0.3, 0.4) is 0 Å². The number of thiazole rings is 1. The summed E-state index contributed by atoms with van der Waals surface area (Å²) in [7, 11) is 1.59. The minimum atomic E-state index is -0.341. The monoisotopic (exact) mass is 409 g/mol. The molecule has 0 bridgehead atoms. The molecule has 7 heteroatoms. The van der Waals surface area contributed by atoms with Gasteiger partial charge < -0.3 is 9.47 Å². The highest BCUT2D eigenvalue weighted by Gasteiger charge is 2.15. The summed E-state index contributed by atoms with van der Waals surface area (Å²) in [6.07, 6.45) is 2.48. The summed E-state index contributed by atoms with van der Waals surface area (Å²) < 4.78 is 11.0. The fourth-order valence-electron chi connectivity index (χ4n) is 2.63. The van der Waals surface area contributed by atoms with Gasteiger partial charge in [0.25, 0.3) is 5.91 Å². The first-order chi connectivity index (χ1) is 14.1. The van der Waals surface area contributed by atoms with Gasteiger partial charge in [-0.25, -0.2) is 10.4 Å². The van der Waals surface area contributed by atoms with Crippen LogP contribution >= 0.6 is 11.3 Å². The molecule has 1 heterocycles. The number of hydrazone groups is 1. The van der Waals surface area contributed by atoms with Gasteiger partial charge in [-0.05, 0) is 37.1 Å². The quantitative estimate of drug-likeness (QED) is 0.433. The molecule has 0 fully saturated rings. The maximum absolute atomic E-state index is 12.5. The Balaban J connectivity index is 1.68. The van der Waals surface area contributed by atoms with Crippen LogP contribution < -0.4 is 14.9 Å². The Hall–Kier alpha value is -3.19. The fourth-order valence-corrected chi connectivity index (χ4v) is 3.54. The Morgan fingerprint density at radius 1 is 1.21 bits per heavy atom. The lowest BCUT2D eigenvalue weighted by Gasteiger charge is -2.10. The summed E-state index contributed by atoms with van der Waals surface area (Å²) in [6.45, 7) is 4.55. The van der Waals surface area contributed by atoms with Crippen molar-refractivity contribution in [2.24, 2.45) is 5.10 Å². The van der Waals surface area contributed by atoms with Crippen LogP contribution in [0.1, 0.15) is 34.3 Å². The Kier molecular flexibility index (Phi) is 6.97. The molecular weight excluding hydrogens is 386 g/mol. The van der Waals surface area contributed by atoms with Gasteiger partial charge in [0.05, 0.1) is 19.9 Å². The molecule has 0 aliphatic heterocycles. The standard InChI is InChI=1S/C22H23N3O3S/c1-4-12-28-18-11-10-16(13-19(18)27-3)14-23-25-21(26)20-15(2)29-22(24-20)17-8-6-5-7-9-17/h5-11,13-14H,4,12H2,1-3H3,(H,25,26)/b23-14-. The molecule has 1 amide bonds. The topological polar surface area (TPSA) is 72.8 Å². The number of carbonyl (C=O) groups excluding carboxylic acids is 1. The van der Waals surface area contributed by atoms with Crippen LogP contribution in [0.5, 0.6) is 11.5 Å². The molecule has 0 saturated heterocycles. The SMILES string of the molecule is CCCOc1ccc(/C=N\NC(=O)c2nc(-c3ccccc3)sc2C)cc1OC. The molecule has 0 aliphatic rings. The normalized spacial score (nSPS) is 10.9. The van der Waals surface area contributed by atoms with E-state index in [1.807, 2.05) is 62.4 Å². The molecule has 1 aromatic heterocycles. The van der Waals surface area contributed by atoms with Gasteiger partial charge in [0.1, 0.15) is 10.7 Å². The number of hydrogen-bond acceptors (Lipinski definition) is 6. The maximum Gasteiger partial charge on any atom is 0.291 e. The smallest absolute Gasteiger partial charge is 0.291 e. The molecule has 0 spiro atoms. The number of rotatable bonds is 8. The molecule has 3 rings (SSSR count). The van der Waals surface area contributed by atoms with Crippen LogP contribution in [0.25, 0.3) is 10.6 Å². The number of nitrogens with zero attached hydrogens (tertiary/aromatic N) is 2. The van der Waals surface area contributed by atoms with Crippen molar-refractivity contribution in [3.8, 4) is 22.1 Å². The van der Waals surface area contributed by atoms with E-state index >= 15 is 0 Å². The highest BCUT2D eigenvalue weighted by molar-refractivity contribution is 7.15. The minimum Gasteiger partial charge on any atom is -0.493 e. The van der Waals surface area contributed by atoms with Crippen LogP contribution in [0, 0.1) is 6.92 Å². The van der Waals surface area contributed by atoms with Crippen molar-refractivity contribution in [3.63, 3.8) is 0 Å². The van der Waals surface area contributed by atoms with Gasteiger partial charge in [0, 0.05) is 10.4 Å². The highest BCUT2D eigenvalue weighted by atomic mass is 32.1. The van der Waals surface area contributed by atoms with Crippen LogP contribution in [0.4, 0.5) is 0 Å². The molecule has 2 aromatic carbocycles. The number of hydrogen-bond donors (Lipinski definition) is 1. The van der Waals surface area contributed by atoms with E-state index in [0.717, 1.165) is 27.4 Å². The number of methoxy groups -OCH3 is 1. The maximum atomic E-state index is 12.5. The van der Waals surface area contributed by atoms with Crippen LogP contribution in [-0.2, 0) is 0 Å². The van der Waals surface area contributed by atoms with Crippen LogP contribution in [0.15, 0.2) is 53.6 Å². The van der Waals surface area contributed by atoms with Gasteiger partial charge in [0.15, 0.2) is 11.5 Å². The summed E-state index contributed by atoms with van der Waals surface area (Å²) >= 11 is 1.48. The van der Waals surface area contributed by atoms with Crippen molar-refractivity contribution in [2.75, 3.05) is 13.7 Å². The van der Waals surface area contributed by atoms with Crippen molar-refractivity contribution < 1.29 is 14.3 Å². The zero-order chi connectivity index (χ0) is 20.6. The van der Waals surface area contributed by atoms with Crippen LogP contribution in [-0.4, -0.2) is 30.8 Å². The summed E-state index contributed by atoms with van der Waals surface area (Å²) in [5.41, 5.74) is 4.69. The summed E-state index contributed by atoms with van der Waals surface area (Å²) in [4.78, 5) is 17.8. The van der Waals surface area contributed by atoms with Crippen molar-refractivity contribution >= 4 is 23.5 Å². The van der Waals surface area contributed by atoms with Gasteiger partial charge >= 0.3 is 0 Å². The molecule has 0 unspecified atom stereocenters. The molecule has 0 saturated carbocycles. The van der Waals surface area contributed by atoms with Crippen molar-refractivity contribution in [3.05, 3.63) is 64.7 Å². The van der Waals surface area contributed by atoms with E-state index in [1.165, 1.54) is 11.3 Å². The lowest BCUT2D eigenvalue weighted by Crippen LogP contribution is -2.18. The summed E-state index contributed by atoms with van der Waals surface area (Å²) in [5.74, 6) is 0.964. The third-order valence-corrected chi connectivity index (χ3v) is 5.08. The van der Waals surface area contributed by atoms with Gasteiger partial charge in [-0.2, -0.15) is 5.10 Å². The number of benzene rings is 2. The number of nitrogens with one attached hydrogen (secondary N) is 1. The molecule has 0 radical (unpaired) electrons. The van der Waals surface area contributed by atoms with Crippen molar-refractivity contribution in [2.45, 2.75) is 20.3 Å². The number of carbonyl (C=O) groups is 1. The third-order valence-electron chi connectivity index (χ3n) is 4.06. The first-order valence-electron chi connectivity index (χ1n) is 9.29. The van der Waals surface area contributed by atoms with Crippen LogP contribution in [0.2, 0.25) is 0 Å². The second kappa shape index (κ2) is 9.84. The number of amides is 1. The zero-order valence-corrected chi connectivity index (χ0v) is 17.5. The molecule has 29 heavy (non-hydrogen) atoms. The van der Waals surface area contributed by atoms with Gasteiger partial charge in [0.2, 0.25) is 0 Å². The molecule has 1 N–H and O–H groups in total. The Morgan fingerprint density at radius 2 is 2.00 bits per heavy atom. The molecule has 6 nitrogen and oxygen atoms in total. The van der Waals surface area contributed by atoms with E-state index in [0.29, 0.717) is 23.8 Å². The van der Waals surface area contributed by atoms with Crippen molar-refractivity contribution in [1.29, 1.82) is 0 Å². The Morgan fingerprint density at radius 3 is 2.72 bits per heavy atom. The lowest BCUT2D eigenvalue weighted by atomic mass is 10.2. The van der Waals surface area contributed by atoms with Gasteiger partial charge in [-0.1, -0.05) is 37.3 Å². The van der Waals surface area contributed by atoms with E-state index in [2.05, 4.69) is 15.5 Å². The van der Waals surface area contributed by atoms with Gasteiger partial charge in [-0.3, -0.25) is 4.79 Å². The summed E-state index contributed by atoms with van der Waals surface area (Å²) in [6, 6.07) is 15.3. The predicted octanol–water partition coefficient (Wildman–Crippen LogP) is 4.68. The first kappa shape index (κ1) is 20.5. The predicted molar refractivity (Wildman–Crippen MR) is 116 cm³/mol. The average molecular weight is 410 g/mol. The highest BCUT2D eigenvalue weighted by Crippen LogP contribution is 2.28. The van der Waals surface area contributed by atoms with E-state index in [1.54, 1.807) is 13.3 Å². The number of ether oxygens (including phenoxy) is 2. The van der Waals surface area contributed by atoms with E-state index in [9.17, 15) is 4.79 Å². The largest absolute Gasteiger partial charge is 0.493 e. The van der Waals surface area contributed by atoms with E-state index in [4.69, 9.17) is 9.47 Å². The Bertz CT molecular complexity index is 1000. The summed E-state index contributed by atoms with van der Waals surface area (Å²) in [5, 5.41) is 4.86. The van der Waals surface area contributed by atoms with Gasteiger partial charge in [-0.15, -0.1) is 11.3 Å². The minimum absolute atomic E-state index is 0.341. The molecular formula is C22H23N3O3S. The van der Waals surface area contributed by atoms with Crippen molar-refractivity contribution in [1.82, 2.24) is 10.4 Å². The average Bonchev–Trinajstić information content (AvgIpc) is 3.15. The number of aryl methyl sites for hydroxylation is 1. The first-order valence-corrected chi connectivity index (χ1v) is 10.1. The molecule has 150 valence electrons. The third kappa shape index (κ3) is 5.20. The van der Waals surface area contributed by atoms with E-state index < -0.39 is 0 Å². The second-order valence-corrected chi connectivity index (χ2v) is 7.45. The Labute approximate surface area is 174 Å². The molecule has 3 aromatic rings. The fraction of sp³-hybridized carbons (Fsp3) is 0.227. The van der Waals surface area contributed by atoms with E-state index in [-0.39, 0.29) is 5.91 Å². The molecule has 0 aliphatic carbocycles. The molecule has 0 atom stereocenters. The number of aromatic nitrogens is 1. The zero-order valence-electron chi connectivity index (χ0n) is 16.6. The second-order valence-electron chi connectivity index (χ2n) is 6.25. The lowest BCUT2D eigenvalue weighted by molar-refractivity contribution is 0.0950.